The molecule has 3 aliphatic heterocycles. The molecule has 0 saturated carbocycles. The molecule has 3 fully saturated rings. The maximum Gasteiger partial charge on any atom is 0.254 e. The third kappa shape index (κ3) is 6.30. The lowest BCUT2D eigenvalue weighted by Gasteiger charge is -2.33. The van der Waals surface area contributed by atoms with E-state index in [4.69, 9.17) is 4.74 Å². The minimum Gasteiger partial charge on any atom is -0.378 e. The number of hydrogen-bond acceptors (Lipinski definition) is 4. The number of nitrogens with zero attached hydrogens (tertiary/aromatic N) is 3. The average Bonchev–Trinajstić information content (AvgIpc) is 3.09. The highest BCUT2D eigenvalue weighted by molar-refractivity contribution is 5.94. The van der Waals surface area contributed by atoms with E-state index < -0.39 is 0 Å². The van der Waals surface area contributed by atoms with Gasteiger partial charge in [0.05, 0.1) is 19.8 Å². The van der Waals surface area contributed by atoms with Crippen LogP contribution in [0, 0.1) is 5.92 Å². The fraction of sp³-hybridized carbons (Fsp3) is 0.680. The van der Waals surface area contributed by atoms with Gasteiger partial charge in [-0.3, -0.25) is 14.5 Å². The second-order valence-electron chi connectivity index (χ2n) is 9.32. The highest BCUT2D eigenvalue weighted by Gasteiger charge is 2.25. The van der Waals surface area contributed by atoms with E-state index in [1.807, 2.05) is 17.0 Å². The predicted octanol–water partition coefficient (Wildman–Crippen LogP) is 2.82. The molecule has 6 heteroatoms. The summed E-state index contributed by atoms with van der Waals surface area (Å²) < 4.78 is 5.33. The summed E-state index contributed by atoms with van der Waals surface area (Å²) in [4.78, 5) is 31.6. The predicted molar refractivity (Wildman–Crippen MR) is 121 cm³/mol. The van der Waals surface area contributed by atoms with Crippen molar-refractivity contribution in [3.05, 3.63) is 35.4 Å². The van der Waals surface area contributed by atoms with Gasteiger partial charge in [-0.15, -0.1) is 0 Å². The molecule has 4 rings (SSSR count). The van der Waals surface area contributed by atoms with Gasteiger partial charge in [-0.25, -0.2) is 0 Å². The van der Waals surface area contributed by atoms with Crippen LogP contribution in [0.5, 0.6) is 0 Å². The molecule has 170 valence electrons. The van der Waals surface area contributed by atoms with Crippen molar-refractivity contribution in [2.45, 2.75) is 44.9 Å². The topological polar surface area (TPSA) is 53.1 Å². The third-order valence-corrected chi connectivity index (χ3v) is 7.05. The van der Waals surface area contributed by atoms with Crippen LogP contribution in [0.4, 0.5) is 0 Å². The van der Waals surface area contributed by atoms with Crippen LogP contribution in [0.3, 0.4) is 0 Å². The van der Waals surface area contributed by atoms with Gasteiger partial charge < -0.3 is 14.5 Å². The Morgan fingerprint density at radius 2 is 1.45 bits per heavy atom. The van der Waals surface area contributed by atoms with E-state index in [1.165, 1.54) is 31.2 Å². The van der Waals surface area contributed by atoms with Gasteiger partial charge in [0.1, 0.15) is 0 Å². The smallest absolute Gasteiger partial charge is 0.254 e. The lowest BCUT2D eigenvalue weighted by Crippen LogP contribution is -2.44. The van der Waals surface area contributed by atoms with E-state index in [0.29, 0.717) is 44.7 Å². The summed E-state index contributed by atoms with van der Waals surface area (Å²) in [7, 11) is 0. The van der Waals surface area contributed by atoms with Gasteiger partial charge >= 0.3 is 0 Å². The molecule has 0 unspecified atom stereocenters. The average molecular weight is 428 g/mol. The molecule has 0 aromatic heterocycles. The summed E-state index contributed by atoms with van der Waals surface area (Å²) in [6, 6.07) is 8.13. The van der Waals surface area contributed by atoms with Crippen molar-refractivity contribution < 1.29 is 14.3 Å². The van der Waals surface area contributed by atoms with Crippen molar-refractivity contribution in [2.24, 2.45) is 5.92 Å². The van der Waals surface area contributed by atoms with E-state index in [1.54, 1.807) is 0 Å². The van der Waals surface area contributed by atoms with Gasteiger partial charge in [-0.05, 0) is 68.8 Å². The molecule has 0 N–H and O–H groups in total. The fourth-order valence-corrected chi connectivity index (χ4v) is 5.04. The van der Waals surface area contributed by atoms with E-state index >= 15 is 0 Å². The van der Waals surface area contributed by atoms with Gasteiger partial charge in [0.15, 0.2) is 0 Å². The summed E-state index contributed by atoms with van der Waals surface area (Å²) in [6.45, 7) is 7.12. The quantitative estimate of drug-likeness (QED) is 0.725. The maximum absolute atomic E-state index is 12.7. The largest absolute Gasteiger partial charge is 0.378 e. The number of ether oxygens (including phenoxy) is 1. The number of likely N-dealkylation sites (tertiary alicyclic amines) is 2. The summed E-state index contributed by atoms with van der Waals surface area (Å²) in [5.41, 5.74) is 2.05. The summed E-state index contributed by atoms with van der Waals surface area (Å²) in [5.74, 6) is 1.03. The van der Waals surface area contributed by atoms with Crippen molar-refractivity contribution in [3.8, 4) is 0 Å². The van der Waals surface area contributed by atoms with Crippen LogP contribution in [0.15, 0.2) is 24.3 Å². The number of morpholine rings is 1. The van der Waals surface area contributed by atoms with Crippen LogP contribution in [0.1, 0.15) is 54.4 Å². The molecule has 0 spiro atoms. The normalized spacial score (nSPS) is 21.7. The third-order valence-electron chi connectivity index (χ3n) is 7.05. The molecule has 3 saturated heterocycles. The maximum atomic E-state index is 12.7. The molecular weight excluding hydrogens is 390 g/mol. The minimum absolute atomic E-state index is 0.103. The first-order chi connectivity index (χ1) is 15.2. The molecule has 3 heterocycles. The molecule has 0 atom stereocenters. The molecule has 2 amide bonds. The first kappa shape index (κ1) is 22.3. The first-order valence-corrected chi connectivity index (χ1v) is 12.1. The fourth-order valence-electron chi connectivity index (χ4n) is 5.04. The number of carbonyl (C=O) groups excluding carboxylic acids is 2. The molecule has 0 bridgehead atoms. The van der Waals surface area contributed by atoms with Gasteiger partial charge in [0.25, 0.3) is 5.91 Å². The van der Waals surface area contributed by atoms with Crippen molar-refractivity contribution in [3.63, 3.8) is 0 Å². The number of benzene rings is 1. The number of carbonyl (C=O) groups is 2. The zero-order chi connectivity index (χ0) is 21.5. The molecule has 3 aliphatic rings. The zero-order valence-electron chi connectivity index (χ0n) is 18.8. The summed E-state index contributed by atoms with van der Waals surface area (Å²) in [6.07, 6.45) is 8.23. The van der Waals surface area contributed by atoms with Crippen LogP contribution in [-0.4, -0.2) is 85.5 Å². The van der Waals surface area contributed by atoms with Crippen molar-refractivity contribution in [2.75, 3.05) is 59.0 Å². The molecule has 31 heavy (non-hydrogen) atoms. The SMILES string of the molecule is O=C(CN1CCCCCC1)N1CCC(Cc2ccc(C(=O)N3CCOCC3)cc2)CC1. The Morgan fingerprint density at radius 1 is 0.806 bits per heavy atom. The number of rotatable bonds is 5. The van der Waals surface area contributed by atoms with Crippen LogP contribution < -0.4 is 0 Å². The van der Waals surface area contributed by atoms with E-state index in [0.717, 1.165) is 51.0 Å². The number of amides is 2. The van der Waals surface area contributed by atoms with Gasteiger partial charge in [-0.2, -0.15) is 0 Å². The Bertz CT molecular complexity index is 714. The lowest BCUT2D eigenvalue weighted by atomic mass is 9.90. The molecule has 1 aromatic carbocycles. The standard InChI is InChI=1S/C25H37N3O3/c29-24(20-26-11-3-1-2-4-12-26)27-13-9-22(10-14-27)19-21-5-7-23(8-6-21)25(30)28-15-17-31-18-16-28/h5-8,22H,1-4,9-20H2. The van der Waals surface area contributed by atoms with Crippen LogP contribution in [-0.2, 0) is 16.0 Å². The number of hydrogen-bond donors (Lipinski definition) is 0. The van der Waals surface area contributed by atoms with E-state index in [-0.39, 0.29) is 5.91 Å². The minimum atomic E-state index is 0.103. The second-order valence-corrected chi connectivity index (χ2v) is 9.32. The van der Waals surface area contributed by atoms with Crippen LogP contribution >= 0.6 is 0 Å². The van der Waals surface area contributed by atoms with Crippen molar-refractivity contribution in [1.82, 2.24) is 14.7 Å². The summed E-state index contributed by atoms with van der Waals surface area (Å²) >= 11 is 0. The van der Waals surface area contributed by atoms with Gasteiger partial charge in [0.2, 0.25) is 5.91 Å². The molecular formula is C25H37N3O3. The molecule has 1 aromatic rings. The highest BCUT2D eigenvalue weighted by atomic mass is 16.5. The molecule has 0 aliphatic carbocycles. The molecule has 0 radical (unpaired) electrons. The second kappa shape index (κ2) is 11.1. The van der Waals surface area contributed by atoms with Gasteiger partial charge in [0, 0.05) is 31.7 Å². The number of piperidine rings is 1. The lowest BCUT2D eigenvalue weighted by molar-refractivity contribution is -0.133. The first-order valence-electron chi connectivity index (χ1n) is 12.1. The zero-order valence-corrected chi connectivity index (χ0v) is 18.8. The summed E-state index contributed by atoms with van der Waals surface area (Å²) in [5, 5.41) is 0. The molecule has 6 nitrogen and oxygen atoms in total. The van der Waals surface area contributed by atoms with Crippen molar-refractivity contribution in [1.29, 1.82) is 0 Å². The van der Waals surface area contributed by atoms with Crippen LogP contribution in [0.25, 0.3) is 0 Å². The van der Waals surface area contributed by atoms with Crippen LogP contribution in [0.2, 0.25) is 0 Å². The Morgan fingerprint density at radius 3 is 2.10 bits per heavy atom. The van der Waals surface area contributed by atoms with Gasteiger partial charge in [-0.1, -0.05) is 25.0 Å². The van der Waals surface area contributed by atoms with E-state index in [9.17, 15) is 9.59 Å². The Balaban J connectivity index is 1.21. The Hall–Kier alpha value is -1.92. The Labute approximate surface area is 186 Å². The Kier molecular flexibility index (Phi) is 7.97. The highest BCUT2D eigenvalue weighted by Crippen LogP contribution is 2.23. The van der Waals surface area contributed by atoms with E-state index in [2.05, 4.69) is 21.9 Å². The van der Waals surface area contributed by atoms with Crippen molar-refractivity contribution >= 4 is 11.8 Å². The monoisotopic (exact) mass is 427 g/mol.